The van der Waals surface area contributed by atoms with Gasteiger partial charge in [-0.3, -0.25) is 4.90 Å². The SMILES string of the molecule is CN1CC2CCC1CN2C(=O)n1ncc2cc(NC(=O)NCc3ccc(F)cc3)ccc21. The molecule has 3 aliphatic heterocycles. The van der Waals surface area contributed by atoms with E-state index in [9.17, 15) is 14.0 Å². The number of amides is 3. The van der Waals surface area contributed by atoms with E-state index in [2.05, 4.69) is 27.7 Å². The van der Waals surface area contributed by atoms with Gasteiger partial charge in [0, 0.05) is 42.8 Å². The van der Waals surface area contributed by atoms with Gasteiger partial charge in [-0.15, -0.1) is 0 Å². The van der Waals surface area contributed by atoms with E-state index in [-0.39, 0.29) is 30.5 Å². The van der Waals surface area contributed by atoms with Crippen LogP contribution in [-0.4, -0.2) is 63.9 Å². The molecule has 3 fully saturated rings. The van der Waals surface area contributed by atoms with Crippen molar-refractivity contribution in [2.45, 2.75) is 31.5 Å². The van der Waals surface area contributed by atoms with Gasteiger partial charge in [0.15, 0.2) is 0 Å². The molecule has 2 atom stereocenters. The van der Waals surface area contributed by atoms with E-state index in [1.54, 1.807) is 36.5 Å². The molecule has 0 aliphatic carbocycles. The van der Waals surface area contributed by atoms with E-state index in [1.807, 2.05) is 4.90 Å². The van der Waals surface area contributed by atoms with Crippen LogP contribution in [0.5, 0.6) is 0 Å². The summed E-state index contributed by atoms with van der Waals surface area (Å²) in [6.07, 6.45) is 3.80. The first-order chi connectivity index (χ1) is 15.5. The third-order valence-corrected chi connectivity index (χ3v) is 6.42. The van der Waals surface area contributed by atoms with E-state index >= 15 is 0 Å². The van der Waals surface area contributed by atoms with Crippen molar-refractivity contribution in [3.63, 3.8) is 0 Å². The summed E-state index contributed by atoms with van der Waals surface area (Å²) in [6.45, 7) is 1.92. The number of nitrogens with one attached hydrogen (secondary N) is 2. The molecule has 9 heteroatoms. The van der Waals surface area contributed by atoms with Gasteiger partial charge < -0.3 is 15.5 Å². The molecule has 2 bridgehead atoms. The highest BCUT2D eigenvalue weighted by Gasteiger charge is 2.40. The fourth-order valence-electron chi connectivity index (χ4n) is 4.62. The number of urea groups is 1. The summed E-state index contributed by atoms with van der Waals surface area (Å²) in [6, 6.07) is 11.5. The Morgan fingerprint density at radius 1 is 1.09 bits per heavy atom. The number of anilines is 1. The summed E-state index contributed by atoms with van der Waals surface area (Å²) < 4.78 is 14.4. The zero-order chi connectivity index (χ0) is 22.2. The normalized spacial score (nSPS) is 20.5. The Balaban J connectivity index is 1.25. The van der Waals surface area contributed by atoms with E-state index in [1.165, 1.54) is 16.8 Å². The van der Waals surface area contributed by atoms with Crippen molar-refractivity contribution >= 4 is 28.7 Å². The molecule has 3 aliphatic rings. The Hall–Kier alpha value is -3.46. The second kappa shape index (κ2) is 8.23. The number of hydrogen-bond donors (Lipinski definition) is 2. The van der Waals surface area contributed by atoms with Crippen LogP contribution in [0.2, 0.25) is 0 Å². The first-order valence-corrected chi connectivity index (χ1v) is 10.8. The number of carbonyl (C=O) groups excluding carboxylic acids is 2. The molecule has 2 aromatic carbocycles. The van der Waals surface area contributed by atoms with Crippen LogP contribution in [0.3, 0.4) is 0 Å². The van der Waals surface area contributed by atoms with Crippen LogP contribution < -0.4 is 10.6 Å². The fraction of sp³-hybridized carbons (Fsp3) is 0.348. The molecule has 2 N–H and O–H groups in total. The lowest BCUT2D eigenvalue weighted by Gasteiger charge is -2.49. The third kappa shape index (κ3) is 3.91. The van der Waals surface area contributed by atoms with Gasteiger partial charge in [0.05, 0.1) is 11.7 Å². The average Bonchev–Trinajstić information content (AvgIpc) is 3.22. The van der Waals surface area contributed by atoms with Crippen LogP contribution >= 0.6 is 0 Å². The van der Waals surface area contributed by atoms with Crippen LogP contribution in [-0.2, 0) is 6.54 Å². The molecule has 3 amide bonds. The summed E-state index contributed by atoms with van der Waals surface area (Å²) in [7, 11) is 2.12. The van der Waals surface area contributed by atoms with Crippen molar-refractivity contribution in [3.05, 3.63) is 60.0 Å². The van der Waals surface area contributed by atoms with Gasteiger partial charge in [-0.25, -0.2) is 14.0 Å². The highest BCUT2D eigenvalue weighted by molar-refractivity contribution is 5.95. The lowest BCUT2D eigenvalue weighted by molar-refractivity contribution is 0.0172. The molecule has 3 saturated heterocycles. The monoisotopic (exact) mass is 436 g/mol. The Morgan fingerprint density at radius 2 is 1.88 bits per heavy atom. The van der Waals surface area contributed by atoms with Crippen molar-refractivity contribution in [2.24, 2.45) is 0 Å². The first-order valence-electron chi connectivity index (χ1n) is 10.8. The topological polar surface area (TPSA) is 82.5 Å². The predicted octanol–water partition coefficient (Wildman–Crippen LogP) is 3.24. The second-order valence-corrected chi connectivity index (χ2v) is 8.52. The van der Waals surface area contributed by atoms with Gasteiger partial charge >= 0.3 is 12.1 Å². The Bertz CT molecular complexity index is 1160. The maximum Gasteiger partial charge on any atom is 0.345 e. The molecule has 3 aromatic rings. The molecule has 8 nitrogen and oxygen atoms in total. The third-order valence-electron chi connectivity index (χ3n) is 6.42. The number of aromatic nitrogens is 2. The summed E-state index contributed by atoms with van der Waals surface area (Å²) >= 11 is 0. The molecule has 0 spiro atoms. The van der Waals surface area contributed by atoms with Crippen molar-refractivity contribution in [1.29, 1.82) is 0 Å². The van der Waals surface area contributed by atoms with E-state index in [4.69, 9.17) is 0 Å². The van der Waals surface area contributed by atoms with Crippen LogP contribution in [0.25, 0.3) is 10.9 Å². The molecule has 32 heavy (non-hydrogen) atoms. The molecule has 0 radical (unpaired) electrons. The molecule has 166 valence electrons. The number of nitrogens with zero attached hydrogens (tertiary/aromatic N) is 4. The van der Waals surface area contributed by atoms with Crippen molar-refractivity contribution < 1.29 is 14.0 Å². The number of hydrogen-bond acceptors (Lipinski definition) is 4. The first kappa shape index (κ1) is 20.4. The van der Waals surface area contributed by atoms with Crippen LogP contribution in [0.15, 0.2) is 48.7 Å². The summed E-state index contributed by atoms with van der Waals surface area (Å²) in [4.78, 5) is 29.7. The summed E-state index contributed by atoms with van der Waals surface area (Å²) in [5.74, 6) is -0.314. The van der Waals surface area contributed by atoms with Crippen LogP contribution in [0, 0.1) is 5.82 Å². The Labute approximate surface area is 185 Å². The number of benzene rings is 2. The standard InChI is InChI=1S/C23H25FN6O2/c1-28-13-20-8-7-19(28)14-29(20)23(32)30-21-9-6-18(10-16(21)12-26-30)27-22(31)25-11-15-2-4-17(24)5-3-15/h2-6,9-10,12,19-20H,7-8,11,13-14H2,1H3,(H2,25,27,31). The quantitative estimate of drug-likeness (QED) is 0.660. The van der Waals surface area contributed by atoms with E-state index < -0.39 is 0 Å². The van der Waals surface area contributed by atoms with Crippen molar-refractivity contribution in [2.75, 3.05) is 25.5 Å². The second-order valence-electron chi connectivity index (χ2n) is 8.52. The van der Waals surface area contributed by atoms with Gasteiger partial charge in [-0.1, -0.05) is 12.1 Å². The summed E-state index contributed by atoms with van der Waals surface area (Å²) in [5, 5.41) is 10.6. The van der Waals surface area contributed by atoms with E-state index in [0.29, 0.717) is 17.2 Å². The van der Waals surface area contributed by atoms with Crippen molar-refractivity contribution in [3.8, 4) is 0 Å². The smallest absolute Gasteiger partial charge is 0.334 e. The Kier molecular flexibility index (Phi) is 5.26. The minimum atomic E-state index is -0.370. The number of likely N-dealkylation sites (N-methyl/N-ethyl adjacent to an activating group) is 1. The Morgan fingerprint density at radius 3 is 2.59 bits per heavy atom. The highest BCUT2D eigenvalue weighted by Crippen LogP contribution is 2.29. The maximum absolute atomic E-state index is 13.2. The van der Waals surface area contributed by atoms with Crippen LogP contribution in [0.4, 0.5) is 19.7 Å². The molecule has 1 aromatic heterocycles. The molecular formula is C23H25FN6O2. The van der Waals surface area contributed by atoms with Gasteiger partial charge in [0.2, 0.25) is 0 Å². The maximum atomic E-state index is 13.2. The lowest BCUT2D eigenvalue weighted by atomic mass is 9.92. The zero-order valence-electron chi connectivity index (χ0n) is 17.8. The lowest BCUT2D eigenvalue weighted by Crippen LogP contribution is -2.63. The zero-order valence-corrected chi connectivity index (χ0v) is 17.8. The molecule has 0 saturated carbocycles. The fourth-order valence-corrected chi connectivity index (χ4v) is 4.62. The van der Waals surface area contributed by atoms with Gasteiger partial charge in [-0.05, 0) is 55.8 Å². The molecule has 6 rings (SSSR count). The number of carbonyl (C=O) groups is 2. The van der Waals surface area contributed by atoms with Gasteiger partial charge in [0.1, 0.15) is 5.82 Å². The van der Waals surface area contributed by atoms with Crippen LogP contribution in [0.1, 0.15) is 18.4 Å². The number of rotatable bonds is 3. The number of halogens is 1. The minimum Gasteiger partial charge on any atom is -0.334 e. The molecule has 2 unspecified atom stereocenters. The molecule has 4 heterocycles. The minimum absolute atomic E-state index is 0.0967. The van der Waals surface area contributed by atoms with E-state index in [0.717, 1.165) is 36.9 Å². The highest BCUT2D eigenvalue weighted by atomic mass is 19.1. The number of fused-ring (bicyclic) bond motifs is 4. The predicted molar refractivity (Wildman–Crippen MR) is 119 cm³/mol. The van der Waals surface area contributed by atoms with Gasteiger partial charge in [-0.2, -0.15) is 9.78 Å². The number of piperazine rings is 1. The largest absolute Gasteiger partial charge is 0.345 e. The number of piperidine rings is 2. The van der Waals surface area contributed by atoms with Crippen molar-refractivity contribution in [1.82, 2.24) is 24.9 Å². The molecular weight excluding hydrogens is 411 g/mol. The van der Waals surface area contributed by atoms with Gasteiger partial charge in [0.25, 0.3) is 0 Å². The average molecular weight is 436 g/mol. The summed E-state index contributed by atoms with van der Waals surface area (Å²) in [5.41, 5.74) is 2.11.